The normalized spacial score (nSPS) is 11.4. The lowest BCUT2D eigenvalue weighted by atomic mass is 10.1. The molecule has 2 heterocycles. The summed E-state index contributed by atoms with van der Waals surface area (Å²) in [4.78, 5) is 23.4. The van der Waals surface area contributed by atoms with E-state index in [1.165, 1.54) is 0 Å². The number of nitro groups is 1. The number of aromatic nitrogens is 3. The number of nitrogens with one attached hydrogen (secondary N) is 2. The number of halogens is 4. The maximum Gasteiger partial charge on any atom is 0.416 e. The molecule has 0 amide bonds. The number of fused-ring (bicyclic) bond motifs is 1. The van der Waals surface area contributed by atoms with E-state index < -0.39 is 22.4 Å². The lowest BCUT2D eigenvalue weighted by Gasteiger charge is -2.14. The molecule has 0 saturated heterocycles. The van der Waals surface area contributed by atoms with Crippen molar-refractivity contribution < 1.29 is 18.1 Å². The van der Waals surface area contributed by atoms with E-state index in [0.29, 0.717) is 16.6 Å². The molecule has 0 aliphatic rings. The van der Waals surface area contributed by atoms with Crippen LogP contribution in [0, 0.1) is 17.0 Å². The Morgan fingerprint density at radius 3 is 2.36 bits per heavy atom. The Morgan fingerprint density at radius 2 is 1.70 bits per heavy atom. The Hall–Kier alpha value is -3.99. The van der Waals surface area contributed by atoms with Gasteiger partial charge in [0.15, 0.2) is 0 Å². The van der Waals surface area contributed by atoms with E-state index in [9.17, 15) is 23.3 Å². The second-order valence-electron chi connectivity index (χ2n) is 6.94. The summed E-state index contributed by atoms with van der Waals surface area (Å²) in [5.74, 6) is -0.485. The van der Waals surface area contributed by atoms with Crippen LogP contribution >= 0.6 is 11.6 Å². The fourth-order valence-electron chi connectivity index (χ4n) is 3.15. The zero-order valence-electron chi connectivity index (χ0n) is 16.8. The van der Waals surface area contributed by atoms with Crippen molar-refractivity contribution in [1.82, 2.24) is 15.0 Å². The van der Waals surface area contributed by atoms with Gasteiger partial charge in [0.1, 0.15) is 6.33 Å². The van der Waals surface area contributed by atoms with Crippen molar-refractivity contribution in [3.63, 3.8) is 0 Å². The van der Waals surface area contributed by atoms with Gasteiger partial charge in [-0.25, -0.2) is 9.97 Å². The molecule has 0 aliphatic heterocycles. The summed E-state index contributed by atoms with van der Waals surface area (Å²) in [7, 11) is 0. The van der Waals surface area contributed by atoms with Gasteiger partial charge in [-0.15, -0.1) is 0 Å². The molecular weight excluding hydrogens is 461 g/mol. The molecule has 2 aromatic heterocycles. The average molecular weight is 475 g/mol. The predicted molar refractivity (Wildman–Crippen MR) is 118 cm³/mol. The molecule has 4 rings (SSSR count). The van der Waals surface area contributed by atoms with Gasteiger partial charge in [0.05, 0.1) is 26.7 Å². The van der Waals surface area contributed by atoms with E-state index in [1.54, 1.807) is 24.3 Å². The summed E-state index contributed by atoms with van der Waals surface area (Å²) in [5.41, 5.74) is 0.253. The minimum atomic E-state index is -4.62. The summed E-state index contributed by atoms with van der Waals surface area (Å²) in [6, 6.07) is 11.4. The molecule has 0 bridgehead atoms. The molecule has 2 aromatic carbocycles. The Kier molecular flexibility index (Phi) is 5.73. The Bertz CT molecular complexity index is 1380. The largest absolute Gasteiger partial charge is 0.416 e. The van der Waals surface area contributed by atoms with Crippen molar-refractivity contribution in [3.05, 3.63) is 81.3 Å². The maximum absolute atomic E-state index is 13.1. The van der Waals surface area contributed by atoms with Gasteiger partial charge in [0.25, 0.3) is 0 Å². The average Bonchev–Trinajstić information content (AvgIpc) is 2.74. The first-order valence-electron chi connectivity index (χ1n) is 9.40. The molecule has 12 heteroatoms. The van der Waals surface area contributed by atoms with E-state index in [1.807, 2.05) is 13.0 Å². The minimum absolute atomic E-state index is 0.0686. The standard InChI is InChI=1S/C21H14ClF3N6O2/c1-11-5-7-13-15(28-11)3-2-4-16(13)29-19-18(31(32)33)20(27-10-26-19)30-17-9-12(21(23,24)25)6-8-14(17)22/h2-10H,1H3,(H2,26,27,29,30). The fraction of sp³-hybridized carbons (Fsp3) is 0.0952. The Morgan fingerprint density at radius 1 is 1.00 bits per heavy atom. The van der Waals surface area contributed by atoms with Gasteiger partial charge in [0.2, 0.25) is 11.6 Å². The van der Waals surface area contributed by atoms with E-state index >= 15 is 0 Å². The molecule has 0 spiro atoms. The molecule has 0 unspecified atom stereocenters. The van der Waals surface area contributed by atoms with Gasteiger partial charge >= 0.3 is 11.9 Å². The van der Waals surface area contributed by atoms with Crippen LogP contribution in [0.5, 0.6) is 0 Å². The summed E-state index contributed by atoms with van der Waals surface area (Å²) < 4.78 is 39.3. The third-order valence-corrected chi connectivity index (χ3v) is 5.01. The van der Waals surface area contributed by atoms with Crippen molar-refractivity contribution in [3.8, 4) is 0 Å². The van der Waals surface area contributed by atoms with Crippen LogP contribution in [0.2, 0.25) is 5.02 Å². The molecule has 0 radical (unpaired) electrons. The van der Waals surface area contributed by atoms with Crippen LogP contribution in [0.1, 0.15) is 11.3 Å². The Labute approximate surface area is 189 Å². The molecule has 8 nitrogen and oxygen atoms in total. The summed E-state index contributed by atoms with van der Waals surface area (Å²) in [6.45, 7) is 1.84. The topological polar surface area (TPSA) is 106 Å². The molecule has 0 fully saturated rings. The Balaban J connectivity index is 1.76. The SMILES string of the molecule is Cc1ccc2c(Nc3ncnc(Nc4cc(C(F)(F)F)ccc4Cl)c3[N+](=O)[O-])cccc2n1. The minimum Gasteiger partial charge on any atom is -0.334 e. The van der Waals surface area contributed by atoms with Crippen molar-refractivity contribution in [2.24, 2.45) is 0 Å². The zero-order chi connectivity index (χ0) is 23.8. The quantitative estimate of drug-likeness (QED) is 0.254. The maximum atomic E-state index is 13.1. The molecule has 2 N–H and O–H groups in total. The van der Waals surface area contributed by atoms with Crippen LogP contribution in [-0.2, 0) is 6.18 Å². The molecule has 168 valence electrons. The van der Waals surface area contributed by atoms with Crippen LogP contribution in [0.4, 0.5) is 41.9 Å². The molecule has 4 aromatic rings. The third-order valence-electron chi connectivity index (χ3n) is 4.68. The van der Waals surface area contributed by atoms with Gasteiger partial charge in [-0.3, -0.25) is 15.1 Å². The van der Waals surface area contributed by atoms with Gasteiger partial charge in [-0.05, 0) is 49.4 Å². The number of hydrogen-bond acceptors (Lipinski definition) is 7. The second kappa shape index (κ2) is 8.51. The summed E-state index contributed by atoms with van der Waals surface area (Å²) >= 11 is 6.01. The highest BCUT2D eigenvalue weighted by atomic mass is 35.5. The van der Waals surface area contributed by atoms with Crippen molar-refractivity contribution in [2.75, 3.05) is 10.6 Å². The first-order valence-corrected chi connectivity index (χ1v) is 9.78. The lowest BCUT2D eigenvalue weighted by Crippen LogP contribution is -2.08. The first-order chi connectivity index (χ1) is 15.6. The van der Waals surface area contributed by atoms with E-state index in [2.05, 4.69) is 25.6 Å². The number of anilines is 4. The highest BCUT2D eigenvalue weighted by Crippen LogP contribution is 2.38. The third kappa shape index (κ3) is 4.62. The highest BCUT2D eigenvalue weighted by Gasteiger charge is 2.31. The molecule has 0 aliphatic carbocycles. The van der Waals surface area contributed by atoms with Gasteiger partial charge in [-0.2, -0.15) is 13.2 Å². The van der Waals surface area contributed by atoms with Gasteiger partial charge < -0.3 is 10.6 Å². The number of nitrogens with zero attached hydrogens (tertiary/aromatic N) is 4. The number of pyridine rings is 1. The van der Waals surface area contributed by atoms with Crippen LogP contribution in [0.15, 0.2) is 54.9 Å². The van der Waals surface area contributed by atoms with E-state index in [4.69, 9.17) is 11.6 Å². The van der Waals surface area contributed by atoms with Gasteiger partial charge in [0, 0.05) is 16.8 Å². The number of hydrogen-bond donors (Lipinski definition) is 2. The predicted octanol–water partition coefficient (Wildman–Crippen LogP) is 6.40. The van der Waals surface area contributed by atoms with Crippen LogP contribution in [0.3, 0.4) is 0 Å². The fourth-order valence-corrected chi connectivity index (χ4v) is 3.32. The number of aryl methyl sites for hydroxylation is 1. The van der Waals surface area contributed by atoms with Crippen molar-refractivity contribution in [1.29, 1.82) is 0 Å². The van der Waals surface area contributed by atoms with Crippen LogP contribution < -0.4 is 10.6 Å². The van der Waals surface area contributed by atoms with Gasteiger partial charge in [-0.1, -0.05) is 17.7 Å². The number of benzene rings is 2. The molecule has 33 heavy (non-hydrogen) atoms. The smallest absolute Gasteiger partial charge is 0.334 e. The monoisotopic (exact) mass is 474 g/mol. The molecule has 0 atom stereocenters. The highest BCUT2D eigenvalue weighted by molar-refractivity contribution is 6.33. The summed E-state index contributed by atoms with van der Waals surface area (Å²) in [5, 5.41) is 17.9. The molecular formula is C21H14ClF3N6O2. The van der Waals surface area contributed by atoms with Crippen LogP contribution in [-0.4, -0.2) is 19.9 Å². The lowest BCUT2D eigenvalue weighted by molar-refractivity contribution is -0.383. The van der Waals surface area contributed by atoms with Crippen molar-refractivity contribution >= 4 is 51.2 Å². The number of alkyl halides is 3. The van der Waals surface area contributed by atoms with E-state index in [0.717, 1.165) is 30.2 Å². The van der Waals surface area contributed by atoms with Crippen molar-refractivity contribution in [2.45, 2.75) is 13.1 Å². The van der Waals surface area contributed by atoms with Crippen LogP contribution in [0.25, 0.3) is 10.9 Å². The second-order valence-corrected chi connectivity index (χ2v) is 7.35. The molecule has 0 saturated carbocycles. The number of rotatable bonds is 5. The first kappa shape index (κ1) is 22.2. The summed E-state index contributed by atoms with van der Waals surface area (Å²) in [6.07, 6.45) is -3.57. The zero-order valence-corrected chi connectivity index (χ0v) is 17.6. The van der Waals surface area contributed by atoms with E-state index in [-0.39, 0.29) is 22.3 Å².